The number of aryl methyl sites for hydroxylation is 1. The molecule has 0 radical (unpaired) electrons. The van der Waals surface area contributed by atoms with E-state index in [0.717, 1.165) is 12.2 Å². The lowest BCUT2D eigenvalue weighted by molar-refractivity contribution is 0.922. The molecule has 0 saturated carbocycles. The standard InChI is InChI=1S/C8H12N2S/c1-7-8(11-6-10-7)4-3-5-9-2/h3-4,6,9H,5H2,1-2H3/b4-3+. The molecule has 0 aromatic carbocycles. The van der Waals surface area contributed by atoms with E-state index < -0.39 is 0 Å². The predicted molar refractivity (Wildman–Crippen MR) is 49.8 cm³/mol. The van der Waals surface area contributed by atoms with Gasteiger partial charge in [-0.2, -0.15) is 0 Å². The molecule has 1 aromatic rings. The summed E-state index contributed by atoms with van der Waals surface area (Å²) in [5, 5.41) is 3.05. The van der Waals surface area contributed by atoms with Crippen LogP contribution in [0.1, 0.15) is 10.6 Å². The Morgan fingerprint density at radius 2 is 2.55 bits per heavy atom. The highest BCUT2D eigenvalue weighted by atomic mass is 32.1. The van der Waals surface area contributed by atoms with Crippen LogP contribution in [0.4, 0.5) is 0 Å². The number of hydrogen-bond acceptors (Lipinski definition) is 3. The van der Waals surface area contributed by atoms with E-state index in [1.165, 1.54) is 4.88 Å². The second-order valence-electron chi connectivity index (χ2n) is 2.26. The van der Waals surface area contributed by atoms with E-state index in [0.29, 0.717) is 0 Å². The highest BCUT2D eigenvalue weighted by molar-refractivity contribution is 7.10. The van der Waals surface area contributed by atoms with Crippen LogP contribution in [0.5, 0.6) is 0 Å². The zero-order valence-electron chi connectivity index (χ0n) is 6.79. The maximum Gasteiger partial charge on any atom is 0.0801 e. The number of rotatable bonds is 3. The summed E-state index contributed by atoms with van der Waals surface area (Å²) in [5.74, 6) is 0. The Labute approximate surface area is 71.0 Å². The number of aromatic nitrogens is 1. The van der Waals surface area contributed by atoms with Crippen molar-refractivity contribution < 1.29 is 0 Å². The van der Waals surface area contributed by atoms with E-state index in [2.05, 4.69) is 22.5 Å². The molecule has 0 aliphatic heterocycles. The quantitative estimate of drug-likeness (QED) is 0.743. The SMILES string of the molecule is CNC/C=C/c1scnc1C. The zero-order chi connectivity index (χ0) is 8.10. The van der Waals surface area contributed by atoms with Crippen molar-refractivity contribution in [3.05, 3.63) is 22.2 Å². The van der Waals surface area contributed by atoms with Crippen molar-refractivity contribution in [2.24, 2.45) is 0 Å². The van der Waals surface area contributed by atoms with Crippen molar-refractivity contribution in [3.63, 3.8) is 0 Å². The van der Waals surface area contributed by atoms with Crippen molar-refractivity contribution in [1.29, 1.82) is 0 Å². The van der Waals surface area contributed by atoms with E-state index in [9.17, 15) is 0 Å². The third-order valence-corrected chi connectivity index (χ3v) is 2.27. The van der Waals surface area contributed by atoms with Crippen LogP contribution in [0.2, 0.25) is 0 Å². The van der Waals surface area contributed by atoms with Crippen LogP contribution in [0.25, 0.3) is 6.08 Å². The second kappa shape index (κ2) is 4.26. The third kappa shape index (κ3) is 2.44. The molecule has 1 rings (SSSR count). The molecule has 0 atom stereocenters. The Morgan fingerprint density at radius 3 is 3.09 bits per heavy atom. The number of hydrogen-bond donors (Lipinski definition) is 1. The first-order valence-electron chi connectivity index (χ1n) is 3.56. The minimum absolute atomic E-state index is 0.914. The molecule has 2 nitrogen and oxygen atoms in total. The number of likely N-dealkylation sites (N-methyl/N-ethyl adjacent to an activating group) is 1. The number of thiazole rings is 1. The average Bonchev–Trinajstić information content (AvgIpc) is 2.37. The summed E-state index contributed by atoms with van der Waals surface area (Å²) in [6.45, 7) is 2.94. The summed E-state index contributed by atoms with van der Waals surface area (Å²) in [4.78, 5) is 5.39. The maximum absolute atomic E-state index is 4.14. The molecule has 0 fully saturated rings. The molecule has 0 spiro atoms. The van der Waals surface area contributed by atoms with E-state index in [1.54, 1.807) is 11.3 Å². The Bertz CT molecular complexity index is 240. The van der Waals surface area contributed by atoms with Crippen LogP contribution in [0.15, 0.2) is 11.6 Å². The molecule has 60 valence electrons. The fourth-order valence-electron chi connectivity index (χ4n) is 0.755. The predicted octanol–water partition coefficient (Wildman–Crippen LogP) is 1.68. The summed E-state index contributed by atoms with van der Waals surface area (Å²) in [5.41, 5.74) is 2.98. The van der Waals surface area contributed by atoms with Gasteiger partial charge in [-0.3, -0.25) is 0 Å². The molecular weight excluding hydrogens is 156 g/mol. The molecule has 0 aliphatic rings. The van der Waals surface area contributed by atoms with Gasteiger partial charge in [0.05, 0.1) is 11.2 Å². The Kier molecular flexibility index (Phi) is 3.26. The molecule has 0 aliphatic carbocycles. The molecule has 3 heteroatoms. The highest BCUT2D eigenvalue weighted by Crippen LogP contribution is 2.13. The van der Waals surface area contributed by atoms with Crippen LogP contribution in [-0.2, 0) is 0 Å². The molecule has 1 aromatic heterocycles. The zero-order valence-corrected chi connectivity index (χ0v) is 7.61. The summed E-state index contributed by atoms with van der Waals surface area (Å²) in [6, 6.07) is 0. The minimum Gasteiger partial charge on any atom is -0.316 e. The van der Waals surface area contributed by atoms with E-state index in [1.807, 2.05) is 19.5 Å². The average molecular weight is 168 g/mol. The van der Waals surface area contributed by atoms with Gasteiger partial charge in [-0.25, -0.2) is 4.98 Å². The van der Waals surface area contributed by atoms with Gasteiger partial charge in [0.2, 0.25) is 0 Å². The molecule has 11 heavy (non-hydrogen) atoms. The molecule has 1 heterocycles. The van der Waals surface area contributed by atoms with Gasteiger partial charge in [-0.15, -0.1) is 11.3 Å². The number of nitrogens with zero attached hydrogens (tertiary/aromatic N) is 1. The summed E-state index contributed by atoms with van der Waals surface area (Å²) in [6.07, 6.45) is 4.20. The minimum atomic E-state index is 0.914. The van der Waals surface area contributed by atoms with Crippen LogP contribution in [0.3, 0.4) is 0 Å². The molecule has 1 N–H and O–H groups in total. The van der Waals surface area contributed by atoms with Gasteiger partial charge < -0.3 is 5.32 Å². The van der Waals surface area contributed by atoms with E-state index in [4.69, 9.17) is 0 Å². The van der Waals surface area contributed by atoms with Gasteiger partial charge >= 0.3 is 0 Å². The lowest BCUT2D eigenvalue weighted by atomic mass is 10.3. The van der Waals surface area contributed by atoms with Gasteiger partial charge in [0.15, 0.2) is 0 Å². The van der Waals surface area contributed by atoms with Crippen LogP contribution >= 0.6 is 11.3 Å². The number of nitrogens with one attached hydrogen (secondary N) is 1. The monoisotopic (exact) mass is 168 g/mol. The lowest BCUT2D eigenvalue weighted by Gasteiger charge is -1.88. The summed E-state index contributed by atoms with van der Waals surface area (Å²) < 4.78 is 0. The molecule has 0 unspecified atom stereocenters. The lowest BCUT2D eigenvalue weighted by Crippen LogP contribution is -2.03. The largest absolute Gasteiger partial charge is 0.316 e. The smallest absolute Gasteiger partial charge is 0.0801 e. The van der Waals surface area contributed by atoms with Gasteiger partial charge in [0, 0.05) is 11.4 Å². The topological polar surface area (TPSA) is 24.9 Å². The maximum atomic E-state index is 4.14. The molecule has 0 saturated heterocycles. The van der Waals surface area contributed by atoms with Crippen molar-refractivity contribution >= 4 is 17.4 Å². The normalized spacial score (nSPS) is 11.1. The molecule has 0 bridgehead atoms. The molecule has 0 amide bonds. The van der Waals surface area contributed by atoms with Crippen LogP contribution < -0.4 is 5.32 Å². The Morgan fingerprint density at radius 1 is 1.73 bits per heavy atom. The van der Waals surface area contributed by atoms with Crippen LogP contribution in [-0.4, -0.2) is 18.6 Å². The summed E-state index contributed by atoms with van der Waals surface area (Å²) in [7, 11) is 1.93. The fraction of sp³-hybridized carbons (Fsp3) is 0.375. The van der Waals surface area contributed by atoms with Crippen molar-refractivity contribution in [2.45, 2.75) is 6.92 Å². The van der Waals surface area contributed by atoms with Crippen molar-refractivity contribution in [3.8, 4) is 0 Å². The highest BCUT2D eigenvalue weighted by Gasteiger charge is 1.93. The first-order chi connectivity index (χ1) is 5.34. The Balaban J connectivity index is 2.56. The van der Waals surface area contributed by atoms with Crippen LogP contribution in [0, 0.1) is 6.92 Å². The van der Waals surface area contributed by atoms with Gasteiger partial charge in [-0.1, -0.05) is 6.08 Å². The van der Waals surface area contributed by atoms with Gasteiger partial charge in [0.25, 0.3) is 0 Å². The first-order valence-corrected chi connectivity index (χ1v) is 4.44. The van der Waals surface area contributed by atoms with Crippen molar-refractivity contribution in [2.75, 3.05) is 13.6 Å². The van der Waals surface area contributed by atoms with E-state index in [-0.39, 0.29) is 0 Å². The van der Waals surface area contributed by atoms with Crippen molar-refractivity contribution in [1.82, 2.24) is 10.3 Å². The first kappa shape index (κ1) is 8.43. The third-order valence-electron chi connectivity index (χ3n) is 1.37. The molecular formula is C8H12N2S. The van der Waals surface area contributed by atoms with E-state index >= 15 is 0 Å². The fourth-order valence-corrected chi connectivity index (χ4v) is 1.48. The Hall–Kier alpha value is -0.670. The van der Waals surface area contributed by atoms with Gasteiger partial charge in [-0.05, 0) is 20.0 Å². The summed E-state index contributed by atoms with van der Waals surface area (Å²) >= 11 is 1.67. The van der Waals surface area contributed by atoms with Gasteiger partial charge in [0.1, 0.15) is 0 Å². The second-order valence-corrected chi connectivity index (χ2v) is 3.15.